The molecule has 0 spiro atoms. The molecule has 0 unspecified atom stereocenters. The van der Waals surface area contributed by atoms with E-state index in [1.165, 1.54) is 4.88 Å². The highest BCUT2D eigenvalue weighted by Gasteiger charge is 2.40. The van der Waals surface area contributed by atoms with Gasteiger partial charge in [-0.25, -0.2) is 0 Å². The van der Waals surface area contributed by atoms with Crippen molar-refractivity contribution in [3.63, 3.8) is 0 Å². The minimum Gasteiger partial charge on any atom is -0.383 e. The van der Waals surface area contributed by atoms with Crippen LogP contribution in [-0.2, 0) is 14.3 Å². The van der Waals surface area contributed by atoms with Crippen LogP contribution < -0.4 is 0 Å². The molecular weight excluding hydrogens is 300 g/mol. The van der Waals surface area contributed by atoms with Gasteiger partial charge < -0.3 is 14.5 Å². The highest BCUT2D eigenvalue weighted by Crippen LogP contribution is 2.36. The largest absolute Gasteiger partial charge is 0.383 e. The Labute approximate surface area is 134 Å². The van der Waals surface area contributed by atoms with Crippen LogP contribution in [0.3, 0.4) is 0 Å². The van der Waals surface area contributed by atoms with Crippen LogP contribution in [0.15, 0.2) is 17.5 Å². The highest BCUT2D eigenvalue weighted by molar-refractivity contribution is 7.10. The summed E-state index contributed by atoms with van der Waals surface area (Å²) < 4.78 is 5.03. The first-order valence-corrected chi connectivity index (χ1v) is 8.69. The van der Waals surface area contributed by atoms with Crippen molar-refractivity contribution in [2.24, 2.45) is 5.92 Å². The van der Waals surface area contributed by atoms with Crippen LogP contribution in [0.25, 0.3) is 0 Å². The molecular formula is C16H22N2O3S. The van der Waals surface area contributed by atoms with Crippen LogP contribution >= 0.6 is 11.3 Å². The Balaban J connectivity index is 1.65. The van der Waals surface area contributed by atoms with Gasteiger partial charge in [-0.05, 0) is 24.3 Å². The summed E-state index contributed by atoms with van der Waals surface area (Å²) in [4.78, 5) is 29.9. The first-order chi connectivity index (χ1) is 10.7. The van der Waals surface area contributed by atoms with Gasteiger partial charge >= 0.3 is 0 Å². The van der Waals surface area contributed by atoms with Crippen molar-refractivity contribution >= 4 is 23.2 Å². The molecule has 0 saturated carbocycles. The van der Waals surface area contributed by atoms with Crippen LogP contribution in [0.2, 0.25) is 0 Å². The van der Waals surface area contributed by atoms with Crippen molar-refractivity contribution in [1.82, 2.24) is 9.80 Å². The standard InChI is InChI=1S/C16H22N2O3S/c1-21-8-7-17-11-12(10-15(17)19)16(20)18-6-2-4-13(18)14-5-3-9-22-14/h3,5,9,12-13H,2,4,6-8,10-11H2,1H3/t12-,13+/m1/s1. The minimum absolute atomic E-state index is 0.0715. The molecule has 5 nitrogen and oxygen atoms in total. The molecule has 0 radical (unpaired) electrons. The Morgan fingerprint density at radius 2 is 2.36 bits per heavy atom. The maximum Gasteiger partial charge on any atom is 0.228 e. The van der Waals surface area contributed by atoms with Crippen molar-refractivity contribution in [3.8, 4) is 0 Å². The summed E-state index contributed by atoms with van der Waals surface area (Å²) in [5, 5.41) is 2.06. The fraction of sp³-hybridized carbons (Fsp3) is 0.625. The highest BCUT2D eigenvalue weighted by atomic mass is 32.1. The quantitative estimate of drug-likeness (QED) is 0.832. The SMILES string of the molecule is COCCN1C[C@H](C(=O)N2CCC[C@H]2c2cccs2)CC1=O. The normalized spacial score (nSPS) is 25.2. The first kappa shape index (κ1) is 15.5. The molecule has 0 aromatic carbocycles. The van der Waals surface area contributed by atoms with E-state index in [0.717, 1.165) is 19.4 Å². The Bertz CT molecular complexity index is 532. The van der Waals surface area contributed by atoms with Gasteiger partial charge in [0, 0.05) is 38.0 Å². The third-order valence-electron chi connectivity index (χ3n) is 4.54. The second kappa shape index (κ2) is 6.79. The van der Waals surface area contributed by atoms with Crippen LogP contribution in [0.1, 0.15) is 30.2 Å². The number of hydrogen-bond donors (Lipinski definition) is 0. The summed E-state index contributed by atoms with van der Waals surface area (Å²) in [6.45, 7) is 2.44. The lowest BCUT2D eigenvalue weighted by molar-refractivity contribution is -0.136. The van der Waals surface area contributed by atoms with Gasteiger partial charge in [0.15, 0.2) is 0 Å². The van der Waals surface area contributed by atoms with E-state index in [1.54, 1.807) is 23.3 Å². The van der Waals surface area contributed by atoms with Gasteiger partial charge in [-0.2, -0.15) is 0 Å². The van der Waals surface area contributed by atoms with Gasteiger partial charge in [0.1, 0.15) is 0 Å². The molecule has 3 heterocycles. The number of ether oxygens (including phenoxy) is 1. The minimum atomic E-state index is -0.190. The van der Waals surface area contributed by atoms with Crippen molar-refractivity contribution in [1.29, 1.82) is 0 Å². The Kier molecular flexibility index (Phi) is 4.78. The molecule has 0 N–H and O–H groups in total. The fourth-order valence-electron chi connectivity index (χ4n) is 3.40. The molecule has 1 aromatic rings. The number of carbonyl (C=O) groups is 2. The third kappa shape index (κ3) is 3.03. The molecule has 0 aliphatic carbocycles. The number of likely N-dealkylation sites (tertiary alicyclic amines) is 2. The second-order valence-corrected chi connectivity index (χ2v) is 6.92. The van der Waals surface area contributed by atoms with Gasteiger partial charge in [-0.15, -0.1) is 11.3 Å². The summed E-state index contributed by atoms with van der Waals surface area (Å²) in [6.07, 6.45) is 2.42. The predicted molar refractivity (Wildman–Crippen MR) is 84.6 cm³/mol. The topological polar surface area (TPSA) is 49.9 Å². The lowest BCUT2D eigenvalue weighted by Gasteiger charge is -2.26. The van der Waals surface area contributed by atoms with E-state index in [4.69, 9.17) is 4.74 Å². The molecule has 2 atom stereocenters. The molecule has 120 valence electrons. The number of rotatable bonds is 5. The lowest BCUT2D eigenvalue weighted by Crippen LogP contribution is -2.37. The van der Waals surface area contributed by atoms with Crippen LogP contribution in [0.5, 0.6) is 0 Å². The molecule has 2 fully saturated rings. The summed E-state index contributed by atoms with van der Waals surface area (Å²) in [5.74, 6) is 0.0244. The summed E-state index contributed by atoms with van der Waals surface area (Å²) in [6, 6.07) is 4.34. The van der Waals surface area contributed by atoms with E-state index in [0.29, 0.717) is 26.1 Å². The molecule has 22 heavy (non-hydrogen) atoms. The van der Waals surface area contributed by atoms with Crippen molar-refractivity contribution < 1.29 is 14.3 Å². The zero-order valence-electron chi connectivity index (χ0n) is 12.9. The summed E-state index contributed by atoms with van der Waals surface area (Å²) in [7, 11) is 1.62. The molecule has 2 aliphatic heterocycles. The van der Waals surface area contributed by atoms with Gasteiger partial charge in [-0.3, -0.25) is 9.59 Å². The Morgan fingerprint density at radius 3 is 3.09 bits per heavy atom. The third-order valence-corrected chi connectivity index (χ3v) is 5.51. The van der Waals surface area contributed by atoms with Gasteiger partial charge in [0.05, 0.1) is 18.6 Å². The van der Waals surface area contributed by atoms with Crippen molar-refractivity contribution in [2.75, 3.05) is 33.4 Å². The predicted octanol–water partition coefficient (Wildman–Crippen LogP) is 1.91. The average molecular weight is 322 g/mol. The van der Waals surface area contributed by atoms with Crippen LogP contribution in [-0.4, -0.2) is 55.0 Å². The van der Waals surface area contributed by atoms with Crippen molar-refractivity contribution in [3.05, 3.63) is 22.4 Å². The smallest absolute Gasteiger partial charge is 0.228 e. The first-order valence-electron chi connectivity index (χ1n) is 7.81. The van der Waals surface area contributed by atoms with Gasteiger partial charge in [0.2, 0.25) is 11.8 Å². The van der Waals surface area contributed by atoms with E-state index in [1.807, 2.05) is 11.0 Å². The van der Waals surface area contributed by atoms with E-state index in [2.05, 4.69) is 11.4 Å². The maximum absolute atomic E-state index is 12.8. The number of nitrogens with zero attached hydrogens (tertiary/aromatic N) is 2. The molecule has 2 aliphatic rings. The van der Waals surface area contributed by atoms with Crippen molar-refractivity contribution in [2.45, 2.75) is 25.3 Å². The van der Waals surface area contributed by atoms with E-state index >= 15 is 0 Å². The Hall–Kier alpha value is -1.40. The molecule has 2 saturated heterocycles. The van der Waals surface area contributed by atoms with E-state index in [-0.39, 0.29) is 23.8 Å². The monoisotopic (exact) mass is 322 g/mol. The number of hydrogen-bond acceptors (Lipinski definition) is 4. The molecule has 2 amide bonds. The number of thiophene rings is 1. The zero-order valence-corrected chi connectivity index (χ0v) is 13.7. The van der Waals surface area contributed by atoms with Crippen LogP contribution in [0, 0.1) is 5.92 Å². The number of methoxy groups -OCH3 is 1. The second-order valence-electron chi connectivity index (χ2n) is 5.94. The number of amides is 2. The van der Waals surface area contributed by atoms with E-state index in [9.17, 15) is 9.59 Å². The maximum atomic E-state index is 12.8. The van der Waals surface area contributed by atoms with Crippen LogP contribution in [0.4, 0.5) is 0 Å². The number of carbonyl (C=O) groups excluding carboxylic acids is 2. The van der Waals surface area contributed by atoms with Gasteiger partial charge in [-0.1, -0.05) is 6.07 Å². The average Bonchev–Trinajstić information content (AvgIpc) is 3.24. The zero-order chi connectivity index (χ0) is 15.5. The molecule has 6 heteroatoms. The lowest BCUT2D eigenvalue weighted by atomic mass is 10.1. The summed E-state index contributed by atoms with van der Waals surface area (Å²) >= 11 is 1.71. The molecule has 3 rings (SSSR count). The molecule has 1 aromatic heterocycles. The fourth-order valence-corrected chi connectivity index (χ4v) is 4.27. The summed E-state index contributed by atoms with van der Waals surface area (Å²) in [5.41, 5.74) is 0. The Morgan fingerprint density at radius 1 is 1.50 bits per heavy atom. The van der Waals surface area contributed by atoms with Gasteiger partial charge in [0.25, 0.3) is 0 Å². The molecule has 0 bridgehead atoms. The van der Waals surface area contributed by atoms with E-state index < -0.39 is 0 Å².